The zero-order chi connectivity index (χ0) is 19.1. The van der Waals surface area contributed by atoms with Crippen molar-refractivity contribution < 1.29 is 13.9 Å². The van der Waals surface area contributed by atoms with E-state index in [9.17, 15) is 0 Å². The Morgan fingerprint density at radius 1 is 1.00 bits per heavy atom. The van der Waals surface area contributed by atoms with Crippen LogP contribution in [-0.2, 0) is 0 Å². The normalized spacial score (nSPS) is 11.2. The molecule has 0 aliphatic carbocycles. The SMILES string of the molecule is COc1cc(Oc2nccc3occc23)ccc1-c1c(C)ccc2nccn12. The van der Waals surface area contributed by atoms with Crippen LogP contribution in [0.5, 0.6) is 17.4 Å². The van der Waals surface area contributed by atoms with Gasteiger partial charge in [0.15, 0.2) is 0 Å². The number of furan rings is 1. The molecule has 138 valence electrons. The maximum absolute atomic E-state index is 6.02. The molecular formula is C22H17N3O3. The van der Waals surface area contributed by atoms with Crippen molar-refractivity contribution in [1.29, 1.82) is 0 Å². The minimum absolute atomic E-state index is 0.494. The number of hydrogen-bond acceptors (Lipinski definition) is 5. The Hall–Kier alpha value is -3.80. The molecule has 0 atom stereocenters. The Morgan fingerprint density at radius 3 is 2.82 bits per heavy atom. The highest BCUT2D eigenvalue weighted by Crippen LogP contribution is 2.37. The van der Waals surface area contributed by atoms with Crippen LogP contribution in [0.4, 0.5) is 0 Å². The molecule has 0 amide bonds. The Labute approximate surface area is 161 Å². The van der Waals surface area contributed by atoms with E-state index in [0.29, 0.717) is 17.4 Å². The predicted molar refractivity (Wildman–Crippen MR) is 106 cm³/mol. The topological polar surface area (TPSA) is 61.8 Å². The molecule has 0 spiro atoms. The highest BCUT2D eigenvalue weighted by atomic mass is 16.5. The van der Waals surface area contributed by atoms with Crippen molar-refractivity contribution in [3.63, 3.8) is 0 Å². The number of methoxy groups -OCH3 is 1. The number of ether oxygens (including phenoxy) is 2. The number of hydrogen-bond donors (Lipinski definition) is 0. The van der Waals surface area contributed by atoms with Gasteiger partial charge in [0.05, 0.1) is 24.5 Å². The molecule has 0 bridgehead atoms. The van der Waals surface area contributed by atoms with E-state index in [2.05, 4.69) is 27.4 Å². The monoisotopic (exact) mass is 371 g/mol. The zero-order valence-corrected chi connectivity index (χ0v) is 15.4. The number of benzene rings is 1. The molecule has 0 aliphatic heterocycles. The summed E-state index contributed by atoms with van der Waals surface area (Å²) in [4.78, 5) is 8.70. The second-order valence-electron chi connectivity index (χ2n) is 6.43. The largest absolute Gasteiger partial charge is 0.496 e. The Kier molecular flexibility index (Phi) is 3.76. The first-order valence-electron chi connectivity index (χ1n) is 8.86. The van der Waals surface area contributed by atoms with Gasteiger partial charge in [0.1, 0.15) is 22.7 Å². The molecule has 28 heavy (non-hydrogen) atoms. The number of aromatic nitrogens is 3. The van der Waals surface area contributed by atoms with Crippen molar-refractivity contribution in [2.75, 3.05) is 7.11 Å². The molecule has 0 fully saturated rings. The molecule has 5 aromatic rings. The number of aryl methyl sites for hydroxylation is 1. The third-order valence-corrected chi connectivity index (χ3v) is 4.75. The Bertz CT molecular complexity index is 1300. The van der Waals surface area contributed by atoms with E-state index in [1.807, 2.05) is 36.5 Å². The van der Waals surface area contributed by atoms with Crippen LogP contribution < -0.4 is 9.47 Å². The maximum atomic E-state index is 6.02. The Morgan fingerprint density at radius 2 is 1.93 bits per heavy atom. The number of imidazole rings is 1. The Balaban J connectivity index is 1.60. The van der Waals surface area contributed by atoms with E-state index in [1.54, 1.807) is 31.8 Å². The molecule has 0 unspecified atom stereocenters. The summed E-state index contributed by atoms with van der Waals surface area (Å²) < 4.78 is 19.2. The van der Waals surface area contributed by atoms with Crippen molar-refractivity contribution in [1.82, 2.24) is 14.4 Å². The van der Waals surface area contributed by atoms with E-state index in [0.717, 1.165) is 33.4 Å². The molecule has 1 aromatic carbocycles. The van der Waals surface area contributed by atoms with Crippen LogP contribution in [0.2, 0.25) is 0 Å². The maximum Gasteiger partial charge on any atom is 0.230 e. The van der Waals surface area contributed by atoms with E-state index in [4.69, 9.17) is 13.9 Å². The summed E-state index contributed by atoms with van der Waals surface area (Å²) in [6.45, 7) is 2.07. The van der Waals surface area contributed by atoms with Gasteiger partial charge in [-0.2, -0.15) is 0 Å². The lowest BCUT2D eigenvalue weighted by Gasteiger charge is -2.15. The summed E-state index contributed by atoms with van der Waals surface area (Å²) in [6, 6.07) is 13.5. The molecule has 6 heteroatoms. The lowest BCUT2D eigenvalue weighted by Crippen LogP contribution is -1.98. The molecule has 0 radical (unpaired) electrons. The molecule has 6 nitrogen and oxygen atoms in total. The first-order chi connectivity index (χ1) is 13.7. The fraction of sp³-hybridized carbons (Fsp3) is 0.0909. The molecule has 0 aliphatic rings. The molecule has 4 heterocycles. The van der Waals surface area contributed by atoms with Gasteiger partial charge in [0.25, 0.3) is 0 Å². The third kappa shape index (κ3) is 2.58. The second-order valence-corrected chi connectivity index (χ2v) is 6.43. The first-order valence-corrected chi connectivity index (χ1v) is 8.86. The van der Waals surface area contributed by atoms with Crippen LogP contribution in [0.3, 0.4) is 0 Å². The molecule has 0 saturated heterocycles. The highest BCUT2D eigenvalue weighted by Gasteiger charge is 2.15. The fourth-order valence-electron chi connectivity index (χ4n) is 3.43. The second kappa shape index (κ2) is 6.42. The van der Waals surface area contributed by atoms with Crippen LogP contribution in [0.15, 0.2) is 71.7 Å². The van der Waals surface area contributed by atoms with Gasteiger partial charge < -0.3 is 13.9 Å². The summed E-state index contributed by atoms with van der Waals surface area (Å²) in [6.07, 6.45) is 7.03. The number of pyridine rings is 2. The summed E-state index contributed by atoms with van der Waals surface area (Å²) in [7, 11) is 1.65. The minimum Gasteiger partial charge on any atom is -0.496 e. The standard InChI is InChI=1S/C22H17N3O3/c1-14-3-6-20-23-10-11-25(20)21(14)16-5-4-15(13-19(16)26-2)28-22-17-8-12-27-18(17)7-9-24-22/h3-13H,1-2H3. The van der Waals surface area contributed by atoms with Gasteiger partial charge in [-0.15, -0.1) is 0 Å². The molecule has 0 N–H and O–H groups in total. The van der Waals surface area contributed by atoms with Crippen LogP contribution in [0.25, 0.3) is 27.9 Å². The van der Waals surface area contributed by atoms with E-state index < -0.39 is 0 Å². The average molecular weight is 371 g/mol. The molecule has 5 rings (SSSR count). The van der Waals surface area contributed by atoms with Crippen molar-refractivity contribution in [2.45, 2.75) is 6.92 Å². The fourth-order valence-corrected chi connectivity index (χ4v) is 3.43. The lowest BCUT2D eigenvalue weighted by molar-refractivity contribution is 0.409. The highest BCUT2D eigenvalue weighted by molar-refractivity contribution is 5.82. The van der Waals surface area contributed by atoms with Crippen LogP contribution in [0, 0.1) is 6.92 Å². The van der Waals surface area contributed by atoms with E-state index >= 15 is 0 Å². The predicted octanol–water partition coefficient (Wildman–Crippen LogP) is 5.25. The number of nitrogens with zero attached hydrogens (tertiary/aromatic N) is 3. The van der Waals surface area contributed by atoms with Gasteiger partial charge in [-0.1, -0.05) is 6.07 Å². The van der Waals surface area contributed by atoms with Crippen LogP contribution in [-0.4, -0.2) is 21.5 Å². The van der Waals surface area contributed by atoms with E-state index in [1.165, 1.54) is 0 Å². The van der Waals surface area contributed by atoms with Crippen LogP contribution in [0.1, 0.15) is 5.56 Å². The van der Waals surface area contributed by atoms with Crippen molar-refractivity contribution in [2.24, 2.45) is 0 Å². The summed E-state index contributed by atoms with van der Waals surface area (Å²) in [5, 5.41) is 0.824. The summed E-state index contributed by atoms with van der Waals surface area (Å²) in [5.41, 5.74) is 4.75. The minimum atomic E-state index is 0.494. The van der Waals surface area contributed by atoms with Crippen molar-refractivity contribution >= 4 is 16.6 Å². The van der Waals surface area contributed by atoms with Gasteiger partial charge in [-0.3, -0.25) is 4.40 Å². The van der Waals surface area contributed by atoms with Gasteiger partial charge in [-0.25, -0.2) is 9.97 Å². The van der Waals surface area contributed by atoms with Gasteiger partial charge in [0.2, 0.25) is 5.88 Å². The van der Waals surface area contributed by atoms with Crippen LogP contribution >= 0.6 is 0 Å². The van der Waals surface area contributed by atoms with Crippen molar-refractivity contribution in [3.05, 3.63) is 72.9 Å². The van der Waals surface area contributed by atoms with Gasteiger partial charge >= 0.3 is 0 Å². The average Bonchev–Trinajstić information content (AvgIpc) is 3.38. The summed E-state index contributed by atoms with van der Waals surface area (Å²) in [5.74, 6) is 1.84. The lowest BCUT2D eigenvalue weighted by atomic mass is 10.0. The van der Waals surface area contributed by atoms with Gasteiger partial charge in [0, 0.05) is 30.2 Å². The molecule has 0 saturated carbocycles. The zero-order valence-electron chi connectivity index (χ0n) is 15.4. The smallest absolute Gasteiger partial charge is 0.230 e. The summed E-state index contributed by atoms with van der Waals surface area (Å²) >= 11 is 0. The third-order valence-electron chi connectivity index (χ3n) is 4.75. The number of rotatable bonds is 4. The number of fused-ring (bicyclic) bond motifs is 2. The quantitative estimate of drug-likeness (QED) is 0.432. The van der Waals surface area contributed by atoms with Gasteiger partial charge in [-0.05, 0) is 42.8 Å². The first kappa shape index (κ1) is 16.4. The van der Waals surface area contributed by atoms with E-state index in [-0.39, 0.29) is 0 Å². The molecule has 4 aromatic heterocycles. The van der Waals surface area contributed by atoms with Crippen molar-refractivity contribution in [3.8, 4) is 28.6 Å². The molecular weight excluding hydrogens is 354 g/mol.